The normalized spacial score (nSPS) is 20.1. The number of hydrogen-bond donors (Lipinski definition) is 0. The second-order valence-electron chi connectivity index (χ2n) is 8.48. The van der Waals surface area contributed by atoms with Crippen LogP contribution in [0.25, 0.3) is 22.3 Å². The number of rotatable bonds is 5. The molecule has 1 aliphatic rings. The number of hydrogen-bond acceptors (Lipinski definition) is 3. The van der Waals surface area contributed by atoms with Crippen LogP contribution < -0.4 is 4.74 Å². The molecule has 3 aromatic rings. The van der Waals surface area contributed by atoms with Crippen molar-refractivity contribution >= 4 is 12.4 Å². The van der Waals surface area contributed by atoms with E-state index in [1.54, 1.807) is 7.11 Å². The molecule has 0 fully saturated rings. The summed E-state index contributed by atoms with van der Waals surface area (Å²) in [4.78, 5) is 2.29. The maximum Gasteiger partial charge on any atom is 0.126 e. The smallest absolute Gasteiger partial charge is 0.126 e. The van der Waals surface area contributed by atoms with Crippen LogP contribution >= 0.6 is 12.4 Å². The van der Waals surface area contributed by atoms with Gasteiger partial charge in [0, 0.05) is 18.7 Å². The van der Waals surface area contributed by atoms with Gasteiger partial charge in [0.1, 0.15) is 11.4 Å². The molecule has 0 saturated carbocycles. The summed E-state index contributed by atoms with van der Waals surface area (Å²) in [6.45, 7) is 2.22. The average molecular weight is 438 g/mol. The van der Waals surface area contributed by atoms with Gasteiger partial charge in [-0.2, -0.15) is 0 Å². The number of benzene rings is 3. The van der Waals surface area contributed by atoms with E-state index in [0.717, 1.165) is 29.7 Å². The first kappa shape index (κ1) is 23.3. The topological polar surface area (TPSA) is 21.7 Å². The van der Waals surface area contributed by atoms with E-state index in [4.69, 9.17) is 9.47 Å². The van der Waals surface area contributed by atoms with Crippen LogP contribution in [0.2, 0.25) is 0 Å². The maximum atomic E-state index is 6.06. The lowest BCUT2D eigenvalue weighted by Crippen LogP contribution is -2.50. The highest BCUT2D eigenvalue weighted by Gasteiger charge is 2.41. The van der Waals surface area contributed by atoms with Crippen LogP contribution in [-0.2, 0) is 16.8 Å². The standard InChI is InChI=1S/C27H31NO2.ClH/c1-27(30-5)24-16-14-21(18-22(24)15-17-26(27)28(2)3)19-10-12-20(13-11-19)23-8-6-7-9-25(23)29-4;/h6-14,16,18,26H,15,17H2,1-5H3;1H. The molecule has 0 saturated heterocycles. The zero-order chi connectivity index (χ0) is 21.3. The molecule has 1 aliphatic carbocycles. The highest BCUT2D eigenvalue weighted by atomic mass is 35.5. The number of fused-ring (bicyclic) bond motifs is 1. The number of aryl methyl sites for hydroxylation is 1. The molecule has 0 heterocycles. The van der Waals surface area contributed by atoms with Crippen LogP contribution in [0.1, 0.15) is 24.5 Å². The lowest BCUT2D eigenvalue weighted by atomic mass is 9.75. The molecule has 4 heteroatoms. The number of methoxy groups -OCH3 is 2. The van der Waals surface area contributed by atoms with Crippen LogP contribution in [0, 0.1) is 0 Å². The molecule has 0 bridgehead atoms. The fourth-order valence-electron chi connectivity index (χ4n) is 4.93. The molecule has 0 amide bonds. The van der Waals surface area contributed by atoms with Crippen LogP contribution in [0.4, 0.5) is 0 Å². The molecule has 2 unspecified atom stereocenters. The molecular formula is C27H32ClNO2. The van der Waals surface area contributed by atoms with Gasteiger partial charge < -0.3 is 14.4 Å². The van der Waals surface area contributed by atoms with Gasteiger partial charge in [-0.3, -0.25) is 0 Å². The second kappa shape index (κ2) is 9.44. The quantitative estimate of drug-likeness (QED) is 0.475. The van der Waals surface area contributed by atoms with E-state index in [1.807, 2.05) is 25.3 Å². The van der Waals surface area contributed by atoms with Gasteiger partial charge in [-0.1, -0.05) is 60.7 Å². The molecule has 0 aromatic heterocycles. The Kier molecular flexibility index (Phi) is 7.10. The Balaban J connectivity index is 0.00000272. The fourth-order valence-corrected chi connectivity index (χ4v) is 4.93. The van der Waals surface area contributed by atoms with Crippen molar-refractivity contribution in [2.45, 2.75) is 31.4 Å². The van der Waals surface area contributed by atoms with Crippen molar-refractivity contribution in [1.29, 1.82) is 0 Å². The molecule has 164 valence electrons. The molecule has 3 nitrogen and oxygen atoms in total. The van der Waals surface area contributed by atoms with Gasteiger partial charge in [-0.25, -0.2) is 0 Å². The average Bonchev–Trinajstić information content (AvgIpc) is 2.78. The van der Waals surface area contributed by atoms with Crippen LogP contribution in [0.3, 0.4) is 0 Å². The van der Waals surface area contributed by atoms with Crippen molar-refractivity contribution < 1.29 is 9.47 Å². The molecule has 0 N–H and O–H groups in total. The minimum atomic E-state index is -0.288. The summed E-state index contributed by atoms with van der Waals surface area (Å²) in [5.74, 6) is 0.897. The lowest BCUT2D eigenvalue weighted by Gasteiger charge is -2.45. The molecule has 4 rings (SSSR count). The van der Waals surface area contributed by atoms with E-state index < -0.39 is 0 Å². The van der Waals surface area contributed by atoms with Crippen molar-refractivity contribution in [3.05, 3.63) is 77.9 Å². The van der Waals surface area contributed by atoms with Gasteiger partial charge in [0.15, 0.2) is 0 Å². The van der Waals surface area contributed by atoms with Crippen LogP contribution in [-0.4, -0.2) is 39.3 Å². The SMILES string of the molecule is COc1ccccc1-c1ccc(-c2ccc3c(c2)CCC(N(C)C)C3(C)OC)cc1.Cl. The third kappa shape index (κ3) is 4.23. The van der Waals surface area contributed by atoms with E-state index in [0.29, 0.717) is 6.04 Å². The van der Waals surface area contributed by atoms with Gasteiger partial charge >= 0.3 is 0 Å². The van der Waals surface area contributed by atoms with Gasteiger partial charge in [-0.15, -0.1) is 12.4 Å². The number of para-hydroxylation sites is 1. The largest absolute Gasteiger partial charge is 0.496 e. The minimum Gasteiger partial charge on any atom is -0.496 e. The van der Waals surface area contributed by atoms with Crippen LogP contribution in [0.15, 0.2) is 66.7 Å². The summed E-state index contributed by atoms with van der Waals surface area (Å²) in [5.41, 5.74) is 7.17. The highest BCUT2D eigenvalue weighted by Crippen LogP contribution is 2.41. The number of nitrogens with zero attached hydrogens (tertiary/aromatic N) is 1. The van der Waals surface area contributed by atoms with Crippen molar-refractivity contribution in [1.82, 2.24) is 4.90 Å². The predicted octanol–water partition coefficient (Wildman–Crippen LogP) is 6.19. The highest BCUT2D eigenvalue weighted by molar-refractivity contribution is 5.85. The molecule has 0 aliphatic heterocycles. The van der Waals surface area contributed by atoms with Crippen molar-refractivity contribution in [2.75, 3.05) is 28.3 Å². The summed E-state index contributed by atoms with van der Waals surface area (Å²) in [7, 11) is 7.83. The third-order valence-electron chi connectivity index (χ3n) is 6.65. The molecule has 31 heavy (non-hydrogen) atoms. The zero-order valence-corrected chi connectivity index (χ0v) is 19.8. The first-order valence-electron chi connectivity index (χ1n) is 10.6. The zero-order valence-electron chi connectivity index (χ0n) is 19.0. The van der Waals surface area contributed by atoms with Crippen molar-refractivity contribution in [2.24, 2.45) is 0 Å². The number of likely N-dealkylation sites (N-methyl/N-ethyl adjacent to an activating group) is 1. The van der Waals surface area contributed by atoms with Crippen molar-refractivity contribution in [3.63, 3.8) is 0 Å². The Hall–Kier alpha value is -2.33. The summed E-state index contributed by atoms with van der Waals surface area (Å²) in [6.07, 6.45) is 2.17. The summed E-state index contributed by atoms with van der Waals surface area (Å²) >= 11 is 0. The monoisotopic (exact) mass is 437 g/mol. The van der Waals surface area contributed by atoms with E-state index in [9.17, 15) is 0 Å². The number of ether oxygens (including phenoxy) is 2. The molecule has 2 atom stereocenters. The Morgan fingerprint density at radius 2 is 1.52 bits per heavy atom. The Bertz CT molecular complexity index is 1030. The summed E-state index contributed by atoms with van der Waals surface area (Å²) < 4.78 is 11.6. The van der Waals surface area contributed by atoms with E-state index in [2.05, 4.69) is 74.4 Å². The Morgan fingerprint density at radius 3 is 2.16 bits per heavy atom. The van der Waals surface area contributed by atoms with Crippen LogP contribution in [0.5, 0.6) is 5.75 Å². The first-order valence-corrected chi connectivity index (χ1v) is 10.6. The minimum absolute atomic E-state index is 0. The lowest BCUT2D eigenvalue weighted by molar-refractivity contribution is -0.0686. The van der Waals surface area contributed by atoms with E-state index in [1.165, 1.54) is 22.3 Å². The molecule has 0 radical (unpaired) electrons. The van der Waals surface area contributed by atoms with E-state index in [-0.39, 0.29) is 18.0 Å². The van der Waals surface area contributed by atoms with E-state index >= 15 is 0 Å². The number of halogens is 1. The summed E-state index contributed by atoms with van der Waals surface area (Å²) in [6, 6.07) is 24.1. The summed E-state index contributed by atoms with van der Waals surface area (Å²) in [5, 5.41) is 0. The Morgan fingerprint density at radius 1 is 0.871 bits per heavy atom. The predicted molar refractivity (Wildman–Crippen MR) is 131 cm³/mol. The maximum absolute atomic E-state index is 6.06. The van der Waals surface area contributed by atoms with Crippen molar-refractivity contribution in [3.8, 4) is 28.0 Å². The molecular weight excluding hydrogens is 406 g/mol. The Labute approximate surface area is 192 Å². The molecule has 3 aromatic carbocycles. The van der Waals surface area contributed by atoms with Gasteiger partial charge in [-0.05, 0) is 67.7 Å². The molecule has 0 spiro atoms. The van der Waals surface area contributed by atoms with Gasteiger partial charge in [0.05, 0.1) is 7.11 Å². The van der Waals surface area contributed by atoms with Gasteiger partial charge in [0.25, 0.3) is 0 Å². The first-order chi connectivity index (χ1) is 14.5. The third-order valence-corrected chi connectivity index (χ3v) is 6.65. The fraction of sp³-hybridized carbons (Fsp3) is 0.333. The second-order valence-corrected chi connectivity index (χ2v) is 8.48. The van der Waals surface area contributed by atoms with Gasteiger partial charge in [0.2, 0.25) is 0 Å².